The fourth-order valence-electron chi connectivity index (χ4n) is 3.84. The molecule has 2 heterocycles. The first-order valence-corrected chi connectivity index (χ1v) is 9.99. The van der Waals surface area contributed by atoms with E-state index in [1.807, 2.05) is 67.7 Å². The molecule has 0 saturated carbocycles. The largest absolute Gasteiger partial charge is 0.478 e. The van der Waals surface area contributed by atoms with E-state index < -0.39 is 5.97 Å². The van der Waals surface area contributed by atoms with Crippen molar-refractivity contribution in [1.29, 1.82) is 0 Å². The predicted molar refractivity (Wildman–Crippen MR) is 122 cm³/mol. The van der Waals surface area contributed by atoms with Crippen LogP contribution in [-0.4, -0.2) is 30.6 Å². The second-order valence-corrected chi connectivity index (χ2v) is 7.35. The van der Waals surface area contributed by atoms with Crippen LogP contribution in [0.15, 0.2) is 89.7 Å². The first kappa shape index (κ1) is 19.4. The van der Waals surface area contributed by atoms with Gasteiger partial charge in [0.25, 0.3) is 5.56 Å². The summed E-state index contributed by atoms with van der Waals surface area (Å²) in [5.74, 6) is -1.03. The van der Waals surface area contributed by atoms with Crippen LogP contribution in [0.25, 0.3) is 39.1 Å². The lowest BCUT2D eigenvalue weighted by Crippen LogP contribution is -2.22. The molecule has 0 saturated heterocycles. The van der Waals surface area contributed by atoms with Crippen LogP contribution in [-0.2, 0) is 7.05 Å². The molecule has 0 atom stereocenters. The summed E-state index contributed by atoms with van der Waals surface area (Å²) >= 11 is 0. The summed E-state index contributed by atoms with van der Waals surface area (Å²) < 4.78 is 2.98. The van der Waals surface area contributed by atoms with Gasteiger partial charge in [-0.3, -0.25) is 9.48 Å². The van der Waals surface area contributed by atoms with E-state index in [1.165, 1.54) is 16.8 Å². The van der Waals surface area contributed by atoms with Crippen molar-refractivity contribution in [3.8, 4) is 28.2 Å². The molecule has 7 nitrogen and oxygen atoms in total. The Balaban J connectivity index is 1.85. The summed E-state index contributed by atoms with van der Waals surface area (Å²) in [6, 6.07) is 25.4. The smallest absolute Gasteiger partial charge is 0.335 e. The molecule has 7 heteroatoms. The quantitative estimate of drug-likeness (QED) is 0.470. The molecule has 0 bridgehead atoms. The molecule has 0 amide bonds. The molecule has 0 aliphatic heterocycles. The van der Waals surface area contributed by atoms with Gasteiger partial charge in [0.05, 0.1) is 22.3 Å². The number of carbonyl (C=O) groups is 1. The van der Waals surface area contributed by atoms with Gasteiger partial charge in [0, 0.05) is 18.2 Å². The number of nitrogens with zero attached hydrogens (tertiary/aromatic N) is 4. The third kappa shape index (κ3) is 3.16. The maximum Gasteiger partial charge on any atom is 0.335 e. The maximum absolute atomic E-state index is 13.4. The van der Waals surface area contributed by atoms with E-state index >= 15 is 0 Å². The normalized spacial score (nSPS) is 11.0. The molecule has 5 aromatic rings. The molecule has 32 heavy (non-hydrogen) atoms. The summed E-state index contributed by atoms with van der Waals surface area (Å²) in [7, 11) is 1.81. The van der Waals surface area contributed by atoms with Crippen LogP contribution < -0.4 is 5.56 Å². The number of carboxylic acid groups (broad SMARTS) is 1. The molecule has 2 aromatic heterocycles. The number of carboxylic acids is 1. The number of hydrogen-bond donors (Lipinski definition) is 1. The van der Waals surface area contributed by atoms with Crippen LogP contribution in [0.4, 0.5) is 0 Å². The zero-order valence-electron chi connectivity index (χ0n) is 17.1. The van der Waals surface area contributed by atoms with E-state index in [0.717, 1.165) is 16.8 Å². The number of benzene rings is 3. The van der Waals surface area contributed by atoms with Crippen LogP contribution in [0.3, 0.4) is 0 Å². The average molecular weight is 422 g/mol. The van der Waals surface area contributed by atoms with Crippen molar-refractivity contribution in [3.63, 3.8) is 0 Å². The summed E-state index contributed by atoms with van der Waals surface area (Å²) in [5.41, 5.74) is 3.72. The van der Waals surface area contributed by atoms with E-state index in [4.69, 9.17) is 5.10 Å². The topological polar surface area (TPSA) is 90.0 Å². The fraction of sp³-hybridized carbons (Fsp3) is 0.0400. The highest BCUT2D eigenvalue weighted by atomic mass is 16.4. The highest BCUT2D eigenvalue weighted by molar-refractivity contribution is 6.02. The van der Waals surface area contributed by atoms with E-state index in [9.17, 15) is 14.7 Å². The van der Waals surface area contributed by atoms with Crippen LogP contribution in [0.2, 0.25) is 0 Å². The van der Waals surface area contributed by atoms with E-state index in [0.29, 0.717) is 22.3 Å². The monoisotopic (exact) mass is 422 g/mol. The lowest BCUT2D eigenvalue weighted by atomic mass is 10.0. The number of aryl methyl sites for hydroxylation is 1. The van der Waals surface area contributed by atoms with Crippen molar-refractivity contribution in [2.45, 2.75) is 0 Å². The Morgan fingerprint density at radius 2 is 1.41 bits per heavy atom. The summed E-state index contributed by atoms with van der Waals surface area (Å²) in [5, 5.41) is 19.1. The van der Waals surface area contributed by atoms with E-state index in [1.54, 1.807) is 16.8 Å². The molecule has 3 aromatic carbocycles. The number of fused-ring (bicyclic) bond motifs is 1. The minimum absolute atomic E-state index is 0.135. The Labute approximate surface area is 182 Å². The van der Waals surface area contributed by atoms with Crippen LogP contribution in [0.1, 0.15) is 10.4 Å². The minimum atomic E-state index is -1.03. The van der Waals surface area contributed by atoms with Gasteiger partial charge in [-0.05, 0) is 24.3 Å². The standard InChI is InChI=1S/C25H18N4O3/c1-28-23(17-10-6-3-7-11-17)20-21(16-8-4-2-5-9-16)27-29(24(30)22(20)26-28)19-14-12-18(13-15-19)25(31)32/h2-15H,1H3,(H,31,32). The molecular formula is C25H18N4O3. The zero-order valence-corrected chi connectivity index (χ0v) is 17.1. The zero-order chi connectivity index (χ0) is 22.2. The third-order valence-electron chi connectivity index (χ3n) is 5.33. The second kappa shape index (κ2) is 7.63. The lowest BCUT2D eigenvalue weighted by molar-refractivity contribution is 0.0697. The van der Waals surface area contributed by atoms with Gasteiger partial charge in [0.15, 0.2) is 5.52 Å². The van der Waals surface area contributed by atoms with Gasteiger partial charge in [0.1, 0.15) is 5.69 Å². The highest BCUT2D eigenvalue weighted by Gasteiger charge is 2.22. The number of rotatable bonds is 4. The first-order valence-electron chi connectivity index (χ1n) is 9.99. The second-order valence-electron chi connectivity index (χ2n) is 7.35. The SMILES string of the molecule is Cn1nc2c(=O)n(-c3ccc(C(=O)O)cc3)nc(-c3ccccc3)c2c1-c1ccccc1. The minimum Gasteiger partial charge on any atom is -0.478 e. The summed E-state index contributed by atoms with van der Waals surface area (Å²) in [6.07, 6.45) is 0. The van der Waals surface area contributed by atoms with Crippen molar-refractivity contribution >= 4 is 16.9 Å². The average Bonchev–Trinajstić information content (AvgIpc) is 3.18. The molecule has 0 aliphatic carbocycles. The van der Waals surface area contributed by atoms with Gasteiger partial charge >= 0.3 is 5.97 Å². The molecule has 156 valence electrons. The van der Waals surface area contributed by atoms with E-state index in [2.05, 4.69) is 5.10 Å². The third-order valence-corrected chi connectivity index (χ3v) is 5.33. The molecule has 5 rings (SSSR count). The number of aromatic carboxylic acids is 1. The Morgan fingerprint density at radius 3 is 2.00 bits per heavy atom. The Kier molecular flexibility index (Phi) is 4.63. The number of hydrogen-bond acceptors (Lipinski definition) is 4. The van der Waals surface area contributed by atoms with Crippen LogP contribution in [0, 0.1) is 0 Å². The Hall–Kier alpha value is -4.52. The van der Waals surface area contributed by atoms with Crippen LogP contribution in [0.5, 0.6) is 0 Å². The molecule has 0 unspecified atom stereocenters. The van der Waals surface area contributed by atoms with Gasteiger partial charge in [-0.25, -0.2) is 4.79 Å². The molecular weight excluding hydrogens is 404 g/mol. The van der Waals surface area contributed by atoms with Gasteiger partial charge in [-0.1, -0.05) is 60.7 Å². The molecule has 1 N–H and O–H groups in total. The maximum atomic E-state index is 13.4. The molecule has 0 aliphatic rings. The van der Waals surface area contributed by atoms with Crippen molar-refractivity contribution in [1.82, 2.24) is 19.6 Å². The Bertz CT molecular complexity index is 1500. The molecule has 0 fully saturated rings. The van der Waals surface area contributed by atoms with Crippen molar-refractivity contribution in [3.05, 3.63) is 101 Å². The number of aromatic nitrogens is 4. The van der Waals surface area contributed by atoms with Crippen molar-refractivity contribution in [2.75, 3.05) is 0 Å². The van der Waals surface area contributed by atoms with Crippen molar-refractivity contribution < 1.29 is 9.90 Å². The summed E-state index contributed by atoms with van der Waals surface area (Å²) in [4.78, 5) is 24.6. The Morgan fingerprint density at radius 1 is 0.812 bits per heavy atom. The van der Waals surface area contributed by atoms with Gasteiger partial charge in [-0.2, -0.15) is 14.9 Å². The molecule has 0 spiro atoms. The van der Waals surface area contributed by atoms with E-state index in [-0.39, 0.29) is 11.1 Å². The molecule has 0 radical (unpaired) electrons. The highest BCUT2D eigenvalue weighted by Crippen LogP contribution is 2.33. The van der Waals surface area contributed by atoms with Gasteiger partial charge < -0.3 is 5.11 Å². The predicted octanol–water partition coefficient (Wildman–Crippen LogP) is 4.15. The fourth-order valence-corrected chi connectivity index (χ4v) is 3.84. The van der Waals surface area contributed by atoms with Crippen molar-refractivity contribution in [2.24, 2.45) is 7.05 Å². The summed E-state index contributed by atoms with van der Waals surface area (Å²) in [6.45, 7) is 0. The van der Waals surface area contributed by atoms with Gasteiger partial charge in [0.2, 0.25) is 0 Å². The van der Waals surface area contributed by atoms with Gasteiger partial charge in [-0.15, -0.1) is 0 Å². The first-order chi connectivity index (χ1) is 15.5. The lowest BCUT2D eigenvalue weighted by Gasteiger charge is -2.11. The van der Waals surface area contributed by atoms with Crippen LogP contribution >= 0.6 is 0 Å².